The molecule has 3 N–H and O–H groups in total. The van der Waals surface area contributed by atoms with E-state index in [1.54, 1.807) is 0 Å². The third kappa shape index (κ3) is 4.05. The molecule has 0 spiro atoms. The van der Waals surface area contributed by atoms with E-state index in [1.807, 2.05) is 25.1 Å². The summed E-state index contributed by atoms with van der Waals surface area (Å²) in [5.74, 6) is -1.52. The first-order valence-corrected chi connectivity index (χ1v) is 9.32. The zero-order valence-corrected chi connectivity index (χ0v) is 15.7. The van der Waals surface area contributed by atoms with Gasteiger partial charge in [-0.15, -0.1) is 0 Å². The third-order valence-electron chi connectivity index (χ3n) is 4.84. The lowest BCUT2D eigenvalue weighted by molar-refractivity contribution is -0.141. The molecule has 1 aromatic heterocycles. The van der Waals surface area contributed by atoms with E-state index in [-0.39, 0.29) is 24.3 Å². The highest BCUT2D eigenvalue weighted by atomic mass is 16.5. The van der Waals surface area contributed by atoms with Gasteiger partial charge in [0.2, 0.25) is 5.78 Å². The molecule has 0 unspecified atom stereocenters. The van der Waals surface area contributed by atoms with Gasteiger partial charge in [-0.05, 0) is 42.4 Å². The van der Waals surface area contributed by atoms with Crippen molar-refractivity contribution in [2.24, 2.45) is 0 Å². The van der Waals surface area contributed by atoms with Crippen LogP contribution in [0.3, 0.4) is 0 Å². The van der Waals surface area contributed by atoms with Gasteiger partial charge in [0.25, 0.3) is 5.56 Å². The van der Waals surface area contributed by atoms with E-state index in [0.29, 0.717) is 6.42 Å². The Labute approximate surface area is 161 Å². The molecule has 0 amide bonds. The first-order valence-electron chi connectivity index (χ1n) is 9.32. The third-order valence-corrected chi connectivity index (χ3v) is 4.84. The fraction of sp³-hybridized carbons (Fsp3) is 0.400. The van der Waals surface area contributed by atoms with E-state index in [0.717, 1.165) is 29.4 Å². The summed E-state index contributed by atoms with van der Waals surface area (Å²) in [6, 6.07) is 5.90. The number of carbonyl (C=O) groups excluding carboxylic acids is 2. The van der Waals surface area contributed by atoms with Crippen LogP contribution in [0.15, 0.2) is 27.8 Å². The standard InChI is InChI=1S/C20H23N3O5/c1-2-8-23-18(21)17(19(26)22-20(23)27)15(24)11-28-16(25)10-12-6-7-13-4-3-5-14(13)9-12/h6-7,9H,2-5,8,10-11,21H2,1H3,(H,22,26,27). The quantitative estimate of drug-likeness (QED) is 0.541. The minimum Gasteiger partial charge on any atom is -0.457 e. The van der Waals surface area contributed by atoms with Crippen LogP contribution in [0.2, 0.25) is 0 Å². The van der Waals surface area contributed by atoms with Crippen LogP contribution in [0.5, 0.6) is 0 Å². The topological polar surface area (TPSA) is 124 Å². The zero-order chi connectivity index (χ0) is 20.3. The van der Waals surface area contributed by atoms with Crippen molar-refractivity contribution in [1.82, 2.24) is 9.55 Å². The summed E-state index contributed by atoms with van der Waals surface area (Å²) in [5.41, 5.74) is 7.31. The maximum absolute atomic E-state index is 12.4. The monoisotopic (exact) mass is 385 g/mol. The predicted octanol–water partition coefficient (Wildman–Crippen LogP) is 0.986. The summed E-state index contributed by atoms with van der Waals surface area (Å²) in [5, 5.41) is 0. The maximum Gasteiger partial charge on any atom is 0.329 e. The van der Waals surface area contributed by atoms with E-state index >= 15 is 0 Å². The van der Waals surface area contributed by atoms with Gasteiger partial charge in [0.05, 0.1) is 6.42 Å². The number of anilines is 1. The number of esters is 1. The number of nitrogen functional groups attached to an aromatic ring is 1. The largest absolute Gasteiger partial charge is 0.457 e. The lowest BCUT2D eigenvalue weighted by atomic mass is 10.0. The first-order chi connectivity index (χ1) is 13.4. The Morgan fingerprint density at radius 3 is 2.71 bits per heavy atom. The number of aromatic nitrogens is 2. The normalized spacial score (nSPS) is 12.6. The minimum absolute atomic E-state index is 0.0434. The number of ketones is 1. The summed E-state index contributed by atoms with van der Waals surface area (Å²) in [6.07, 6.45) is 3.83. The molecule has 0 aliphatic heterocycles. The second-order valence-electron chi connectivity index (χ2n) is 6.89. The fourth-order valence-corrected chi connectivity index (χ4v) is 3.47. The molecular weight excluding hydrogens is 362 g/mol. The number of aromatic amines is 1. The molecule has 1 heterocycles. The Balaban J connectivity index is 1.67. The van der Waals surface area contributed by atoms with Crippen LogP contribution in [-0.4, -0.2) is 27.9 Å². The molecule has 0 saturated carbocycles. The molecule has 0 fully saturated rings. The number of rotatable bonds is 7. The van der Waals surface area contributed by atoms with Crippen molar-refractivity contribution >= 4 is 17.6 Å². The molecule has 1 aliphatic rings. The summed E-state index contributed by atoms with van der Waals surface area (Å²) in [4.78, 5) is 50.3. The second kappa shape index (κ2) is 8.24. The van der Waals surface area contributed by atoms with Crippen LogP contribution in [0, 0.1) is 0 Å². The van der Waals surface area contributed by atoms with Crippen molar-refractivity contribution in [1.29, 1.82) is 0 Å². The number of benzene rings is 1. The number of ether oxygens (including phenoxy) is 1. The molecule has 0 saturated heterocycles. The number of hydrogen-bond acceptors (Lipinski definition) is 6. The Hall–Kier alpha value is -3.16. The number of aryl methyl sites for hydroxylation is 2. The number of nitrogens with two attached hydrogens (primary N) is 1. The first kappa shape index (κ1) is 19.6. The van der Waals surface area contributed by atoms with Gasteiger partial charge in [0.1, 0.15) is 11.4 Å². The number of H-pyrrole nitrogens is 1. The maximum atomic E-state index is 12.4. The fourth-order valence-electron chi connectivity index (χ4n) is 3.47. The van der Waals surface area contributed by atoms with Crippen LogP contribution in [0.1, 0.15) is 46.8 Å². The number of Topliss-reactive ketones (excluding diaryl/α,β-unsaturated/α-hetero) is 1. The molecule has 1 aromatic carbocycles. The van der Waals surface area contributed by atoms with E-state index in [4.69, 9.17) is 10.5 Å². The molecule has 8 heteroatoms. The van der Waals surface area contributed by atoms with Gasteiger partial charge in [-0.2, -0.15) is 0 Å². The summed E-state index contributed by atoms with van der Waals surface area (Å²) < 4.78 is 6.16. The van der Waals surface area contributed by atoms with Crippen LogP contribution >= 0.6 is 0 Å². The molecule has 28 heavy (non-hydrogen) atoms. The molecule has 8 nitrogen and oxygen atoms in total. The van der Waals surface area contributed by atoms with Crippen LogP contribution < -0.4 is 17.0 Å². The van der Waals surface area contributed by atoms with E-state index in [2.05, 4.69) is 4.98 Å². The van der Waals surface area contributed by atoms with Gasteiger partial charge in [-0.1, -0.05) is 25.1 Å². The summed E-state index contributed by atoms with van der Waals surface area (Å²) in [6.45, 7) is 1.49. The van der Waals surface area contributed by atoms with Gasteiger partial charge in [-0.3, -0.25) is 23.9 Å². The average molecular weight is 385 g/mol. The Morgan fingerprint density at radius 2 is 1.96 bits per heavy atom. The number of carbonyl (C=O) groups is 2. The zero-order valence-electron chi connectivity index (χ0n) is 15.7. The van der Waals surface area contributed by atoms with E-state index < -0.39 is 29.6 Å². The Bertz CT molecular complexity index is 1040. The van der Waals surface area contributed by atoms with Crippen molar-refractivity contribution in [3.63, 3.8) is 0 Å². The Morgan fingerprint density at radius 1 is 1.21 bits per heavy atom. The molecule has 1 aliphatic carbocycles. The highest BCUT2D eigenvalue weighted by molar-refractivity contribution is 6.01. The molecule has 0 bridgehead atoms. The lowest BCUT2D eigenvalue weighted by Gasteiger charge is -2.11. The molecule has 3 rings (SSSR count). The van der Waals surface area contributed by atoms with Crippen LogP contribution in [0.4, 0.5) is 5.82 Å². The minimum atomic E-state index is -0.880. The van der Waals surface area contributed by atoms with Crippen LogP contribution in [0.25, 0.3) is 0 Å². The van der Waals surface area contributed by atoms with Gasteiger partial charge in [0, 0.05) is 6.54 Å². The Kier molecular flexibility index (Phi) is 5.77. The SMILES string of the molecule is CCCn1c(N)c(C(=O)COC(=O)Cc2ccc3c(c2)CCC3)c(=O)[nH]c1=O. The number of nitrogens with one attached hydrogen (secondary N) is 1. The predicted molar refractivity (Wildman–Crippen MR) is 103 cm³/mol. The highest BCUT2D eigenvalue weighted by Crippen LogP contribution is 2.23. The number of nitrogens with zero attached hydrogens (tertiary/aromatic N) is 1. The molecule has 2 aromatic rings. The second-order valence-corrected chi connectivity index (χ2v) is 6.89. The van der Waals surface area contributed by atoms with Gasteiger partial charge in [-0.25, -0.2) is 4.79 Å². The molecule has 0 atom stereocenters. The van der Waals surface area contributed by atoms with Gasteiger partial charge < -0.3 is 10.5 Å². The smallest absolute Gasteiger partial charge is 0.329 e. The van der Waals surface area contributed by atoms with Crippen molar-refractivity contribution < 1.29 is 14.3 Å². The van der Waals surface area contributed by atoms with Crippen molar-refractivity contribution in [2.75, 3.05) is 12.3 Å². The lowest BCUT2D eigenvalue weighted by Crippen LogP contribution is -2.37. The summed E-state index contributed by atoms with van der Waals surface area (Å²) >= 11 is 0. The number of hydrogen-bond donors (Lipinski definition) is 2. The van der Waals surface area contributed by atoms with Gasteiger partial charge in [0.15, 0.2) is 6.61 Å². The van der Waals surface area contributed by atoms with Crippen LogP contribution in [-0.2, 0) is 35.3 Å². The van der Waals surface area contributed by atoms with Crippen molar-refractivity contribution in [2.45, 2.75) is 45.6 Å². The van der Waals surface area contributed by atoms with Crippen molar-refractivity contribution in [3.8, 4) is 0 Å². The molecule has 148 valence electrons. The average Bonchev–Trinajstić information content (AvgIpc) is 3.11. The molecular formula is C20H23N3O5. The van der Waals surface area contributed by atoms with E-state index in [9.17, 15) is 19.2 Å². The molecule has 0 radical (unpaired) electrons. The summed E-state index contributed by atoms with van der Waals surface area (Å²) in [7, 11) is 0. The highest BCUT2D eigenvalue weighted by Gasteiger charge is 2.21. The van der Waals surface area contributed by atoms with Crippen molar-refractivity contribution in [3.05, 3.63) is 61.3 Å². The van der Waals surface area contributed by atoms with Gasteiger partial charge >= 0.3 is 11.7 Å². The van der Waals surface area contributed by atoms with E-state index in [1.165, 1.54) is 11.1 Å². The number of fused-ring (bicyclic) bond motifs is 1.